The van der Waals surface area contributed by atoms with Crippen LogP contribution >= 0.6 is 0 Å². The summed E-state index contributed by atoms with van der Waals surface area (Å²) in [5, 5.41) is 8.76. The molecule has 3 N–H and O–H groups in total. The zero-order valence-electron chi connectivity index (χ0n) is 15.2. The zero-order chi connectivity index (χ0) is 19.0. The molecule has 0 radical (unpaired) electrons. The number of aryl methyl sites for hydroxylation is 2. The Morgan fingerprint density at radius 2 is 2.04 bits per heavy atom. The number of carbonyl (C=O) groups is 1. The zero-order valence-corrected chi connectivity index (χ0v) is 15.2. The largest absolute Gasteiger partial charge is 0.399 e. The molecule has 6 heteroatoms. The van der Waals surface area contributed by atoms with Gasteiger partial charge in [0, 0.05) is 18.1 Å². The number of hydrogen-bond acceptors (Lipinski definition) is 4. The van der Waals surface area contributed by atoms with Gasteiger partial charge in [0.25, 0.3) is 5.56 Å². The summed E-state index contributed by atoms with van der Waals surface area (Å²) in [5.41, 5.74) is 9.44. The molecule has 6 nitrogen and oxygen atoms in total. The number of nitrogens with zero attached hydrogens (tertiary/aromatic N) is 2. The van der Waals surface area contributed by atoms with Crippen LogP contribution in [0, 0.1) is 0 Å². The van der Waals surface area contributed by atoms with E-state index in [4.69, 9.17) is 5.73 Å². The first kappa shape index (κ1) is 17.3. The minimum absolute atomic E-state index is 0.0133. The van der Waals surface area contributed by atoms with Crippen molar-refractivity contribution < 1.29 is 4.79 Å². The number of amides is 1. The van der Waals surface area contributed by atoms with E-state index in [1.165, 1.54) is 10.2 Å². The van der Waals surface area contributed by atoms with E-state index in [-0.39, 0.29) is 23.9 Å². The van der Waals surface area contributed by atoms with Gasteiger partial charge in [-0.05, 0) is 48.6 Å². The standard InChI is InChI=1S/C21H22N4O2/c1-25-21(27)17-7-3-2-6-16(17)19(24-25)12-20(26)23-18-8-4-5-13-11-14(22)9-10-15(13)18/h2-3,6-7,9-11,18H,4-5,8,12,22H2,1H3,(H,23,26). The summed E-state index contributed by atoms with van der Waals surface area (Å²) < 4.78 is 1.30. The van der Waals surface area contributed by atoms with Gasteiger partial charge in [-0.1, -0.05) is 24.3 Å². The van der Waals surface area contributed by atoms with Crippen LogP contribution in [0.1, 0.15) is 35.7 Å². The molecule has 1 amide bonds. The Morgan fingerprint density at radius 3 is 2.85 bits per heavy atom. The lowest BCUT2D eigenvalue weighted by Gasteiger charge is -2.26. The van der Waals surface area contributed by atoms with E-state index in [0.29, 0.717) is 11.1 Å². The van der Waals surface area contributed by atoms with Gasteiger partial charge in [-0.3, -0.25) is 9.59 Å². The summed E-state index contributed by atoms with van der Waals surface area (Å²) in [6.45, 7) is 0. The molecule has 0 saturated heterocycles. The first-order valence-corrected chi connectivity index (χ1v) is 9.15. The average Bonchev–Trinajstić information content (AvgIpc) is 2.66. The first-order valence-electron chi connectivity index (χ1n) is 9.15. The van der Waals surface area contributed by atoms with Crippen LogP contribution in [0.15, 0.2) is 47.3 Å². The highest BCUT2D eigenvalue weighted by molar-refractivity contribution is 5.88. The summed E-state index contributed by atoms with van der Waals surface area (Å²) in [5.74, 6) is -0.0963. The number of benzene rings is 2. The van der Waals surface area contributed by atoms with Crippen molar-refractivity contribution in [3.8, 4) is 0 Å². The van der Waals surface area contributed by atoms with E-state index >= 15 is 0 Å². The lowest BCUT2D eigenvalue weighted by Crippen LogP contribution is -2.33. The van der Waals surface area contributed by atoms with Crippen LogP contribution < -0.4 is 16.6 Å². The predicted molar refractivity (Wildman–Crippen MR) is 105 cm³/mol. The molecule has 27 heavy (non-hydrogen) atoms. The number of aromatic nitrogens is 2. The minimum Gasteiger partial charge on any atom is -0.399 e. The Morgan fingerprint density at radius 1 is 1.26 bits per heavy atom. The molecule has 0 fully saturated rings. The van der Waals surface area contributed by atoms with Gasteiger partial charge in [0.2, 0.25) is 5.91 Å². The minimum atomic E-state index is -0.159. The Bertz CT molecular complexity index is 1090. The third kappa shape index (κ3) is 3.30. The monoisotopic (exact) mass is 362 g/mol. The fourth-order valence-corrected chi connectivity index (χ4v) is 3.89. The van der Waals surface area contributed by atoms with E-state index in [1.807, 2.05) is 36.4 Å². The molecule has 0 saturated carbocycles. The van der Waals surface area contributed by atoms with Crippen LogP contribution in [0.3, 0.4) is 0 Å². The van der Waals surface area contributed by atoms with E-state index in [0.717, 1.165) is 35.9 Å². The Kier molecular flexibility index (Phi) is 4.39. The van der Waals surface area contributed by atoms with E-state index in [2.05, 4.69) is 10.4 Å². The summed E-state index contributed by atoms with van der Waals surface area (Å²) in [7, 11) is 1.61. The predicted octanol–water partition coefficient (Wildman–Crippen LogP) is 2.25. The number of anilines is 1. The number of nitrogens with one attached hydrogen (secondary N) is 1. The second kappa shape index (κ2) is 6.87. The van der Waals surface area contributed by atoms with Gasteiger partial charge in [0.05, 0.1) is 23.5 Å². The molecular formula is C21H22N4O2. The van der Waals surface area contributed by atoms with Crippen molar-refractivity contribution in [2.45, 2.75) is 31.7 Å². The maximum atomic E-state index is 12.7. The quantitative estimate of drug-likeness (QED) is 0.699. The van der Waals surface area contributed by atoms with Crippen molar-refractivity contribution in [1.29, 1.82) is 0 Å². The van der Waals surface area contributed by atoms with E-state index in [1.54, 1.807) is 13.1 Å². The van der Waals surface area contributed by atoms with Crippen molar-refractivity contribution in [2.24, 2.45) is 7.05 Å². The molecule has 2 aromatic carbocycles. The number of nitrogen functional groups attached to an aromatic ring is 1. The van der Waals surface area contributed by atoms with Gasteiger partial charge in [-0.15, -0.1) is 0 Å². The number of hydrogen-bond donors (Lipinski definition) is 2. The highest BCUT2D eigenvalue weighted by atomic mass is 16.1. The van der Waals surface area contributed by atoms with Crippen LogP contribution in [0.4, 0.5) is 5.69 Å². The van der Waals surface area contributed by atoms with Crippen LogP contribution in [0.2, 0.25) is 0 Å². The van der Waals surface area contributed by atoms with E-state index in [9.17, 15) is 9.59 Å². The molecule has 1 aliphatic carbocycles. The maximum absolute atomic E-state index is 12.7. The first-order chi connectivity index (χ1) is 13.0. The molecule has 0 aliphatic heterocycles. The van der Waals surface area contributed by atoms with E-state index < -0.39 is 0 Å². The Labute approximate surface area is 157 Å². The second-order valence-corrected chi connectivity index (χ2v) is 7.07. The van der Waals surface area contributed by atoms with Crippen molar-refractivity contribution in [2.75, 3.05) is 5.73 Å². The van der Waals surface area contributed by atoms with Crippen LogP contribution in [-0.2, 0) is 24.7 Å². The molecule has 1 atom stereocenters. The average molecular weight is 362 g/mol. The third-order valence-electron chi connectivity index (χ3n) is 5.18. The molecule has 0 bridgehead atoms. The van der Waals surface area contributed by atoms with Gasteiger partial charge in [0.15, 0.2) is 0 Å². The fourth-order valence-electron chi connectivity index (χ4n) is 3.89. The SMILES string of the molecule is Cn1nc(CC(=O)NC2CCCc3cc(N)ccc32)c2ccccc2c1=O. The lowest BCUT2D eigenvalue weighted by atomic mass is 9.87. The third-order valence-corrected chi connectivity index (χ3v) is 5.18. The number of fused-ring (bicyclic) bond motifs is 2. The summed E-state index contributed by atoms with van der Waals surface area (Å²) >= 11 is 0. The molecule has 1 heterocycles. The molecular weight excluding hydrogens is 340 g/mol. The van der Waals surface area contributed by atoms with Crippen LogP contribution in [-0.4, -0.2) is 15.7 Å². The smallest absolute Gasteiger partial charge is 0.274 e. The fraction of sp³-hybridized carbons (Fsp3) is 0.286. The Balaban J connectivity index is 1.59. The maximum Gasteiger partial charge on any atom is 0.274 e. The number of carbonyl (C=O) groups excluding carboxylic acids is 1. The molecule has 1 aromatic heterocycles. The normalized spacial score (nSPS) is 16.1. The van der Waals surface area contributed by atoms with Crippen molar-refractivity contribution in [3.63, 3.8) is 0 Å². The second-order valence-electron chi connectivity index (χ2n) is 7.07. The number of nitrogens with two attached hydrogens (primary N) is 1. The molecule has 0 spiro atoms. The van der Waals surface area contributed by atoms with Crippen molar-refractivity contribution >= 4 is 22.4 Å². The van der Waals surface area contributed by atoms with Gasteiger partial charge in [-0.2, -0.15) is 5.10 Å². The molecule has 1 unspecified atom stereocenters. The molecule has 138 valence electrons. The highest BCUT2D eigenvalue weighted by Crippen LogP contribution is 2.31. The summed E-state index contributed by atoms with van der Waals surface area (Å²) in [6.07, 6.45) is 3.04. The molecule has 1 aliphatic rings. The highest BCUT2D eigenvalue weighted by Gasteiger charge is 2.22. The molecule has 4 rings (SSSR count). The lowest BCUT2D eigenvalue weighted by molar-refractivity contribution is -0.121. The molecule has 3 aromatic rings. The van der Waals surface area contributed by atoms with Crippen molar-refractivity contribution in [1.82, 2.24) is 15.1 Å². The van der Waals surface area contributed by atoms with Gasteiger partial charge < -0.3 is 11.1 Å². The topological polar surface area (TPSA) is 90.0 Å². The van der Waals surface area contributed by atoms with Gasteiger partial charge in [0.1, 0.15) is 0 Å². The number of rotatable bonds is 3. The summed E-state index contributed by atoms with van der Waals surface area (Å²) in [6, 6.07) is 13.1. The summed E-state index contributed by atoms with van der Waals surface area (Å²) in [4.78, 5) is 25.0. The van der Waals surface area contributed by atoms with Gasteiger partial charge >= 0.3 is 0 Å². The van der Waals surface area contributed by atoms with Crippen LogP contribution in [0.5, 0.6) is 0 Å². The van der Waals surface area contributed by atoms with Crippen LogP contribution in [0.25, 0.3) is 10.8 Å². The Hall–Kier alpha value is -3.15. The van der Waals surface area contributed by atoms with Gasteiger partial charge in [-0.25, -0.2) is 4.68 Å². The van der Waals surface area contributed by atoms with Crippen molar-refractivity contribution in [3.05, 3.63) is 69.6 Å².